The molecule has 8 rings (SSSR count). The SMILES string of the molecule is CCc1c(F)ccc2cc(O)cc(-c3nc4c5c(cc(SC[C@@]67CCCN6C[C@H](F)C7)nc5c3F)N3CCCCC[C@H]3CO4)c12. The number of hydrogen-bond acceptors (Lipinski definition) is 7. The number of alkyl halides is 1. The Morgan fingerprint density at radius 2 is 1.96 bits per heavy atom. The molecule has 6 nitrogen and oxygen atoms in total. The van der Waals surface area contributed by atoms with Crippen LogP contribution in [-0.2, 0) is 6.42 Å². The van der Waals surface area contributed by atoms with Crippen LogP contribution >= 0.6 is 11.8 Å². The first-order valence-electron chi connectivity index (χ1n) is 16.3. The van der Waals surface area contributed by atoms with Crippen LogP contribution in [0.15, 0.2) is 35.4 Å². The van der Waals surface area contributed by atoms with E-state index >= 15 is 8.78 Å². The summed E-state index contributed by atoms with van der Waals surface area (Å²) in [6.07, 6.45) is 6.31. The summed E-state index contributed by atoms with van der Waals surface area (Å²) in [7, 11) is 0. The summed E-state index contributed by atoms with van der Waals surface area (Å²) < 4.78 is 53.1. The molecule has 236 valence electrons. The minimum atomic E-state index is -0.821. The maximum Gasteiger partial charge on any atom is 0.225 e. The quantitative estimate of drug-likeness (QED) is 0.225. The van der Waals surface area contributed by atoms with Crippen LogP contribution in [0.1, 0.15) is 57.4 Å². The third-order valence-corrected chi connectivity index (χ3v) is 11.6. The van der Waals surface area contributed by atoms with Crippen molar-refractivity contribution in [2.75, 3.05) is 36.9 Å². The van der Waals surface area contributed by atoms with Gasteiger partial charge in [-0.3, -0.25) is 4.90 Å². The molecule has 1 N–H and O–H groups in total. The first-order valence-corrected chi connectivity index (χ1v) is 17.2. The van der Waals surface area contributed by atoms with E-state index in [1.807, 2.05) is 6.92 Å². The number of aryl methyl sites for hydroxylation is 1. The molecule has 45 heavy (non-hydrogen) atoms. The normalized spacial score (nSPS) is 24.8. The van der Waals surface area contributed by atoms with Crippen molar-refractivity contribution < 1.29 is 23.0 Å². The molecule has 6 heterocycles. The second-order valence-electron chi connectivity index (χ2n) is 13.1. The van der Waals surface area contributed by atoms with E-state index in [1.54, 1.807) is 23.9 Å². The highest BCUT2D eigenvalue weighted by Crippen LogP contribution is 2.47. The Kier molecular flexibility index (Phi) is 7.28. The van der Waals surface area contributed by atoms with Gasteiger partial charge in [-0.2, -0.15) is 0 Å². The summed E-state index contributed by atoms with van der Waals surface area (Å²) >= 11 is 1.57. The molecule has 0 radical (unpaired) electrons. The van der Waals surface area contributed by atoms with E-state index in [2.05, 4.69) is 15.9 Å². The summed E-state index contributed by atoms with van der Waals surface area (Å²) in [6.45, 7) is 4.49. The molecule has 0 amide bonds. The van der Waals surface area contributed by atoms with Crippen LogP contribution in [0.4, 0.5) is 18.9 Å². The topological polar surface area (TPSA) is 61.7 Å². The maximum absolute atomic E-state index is 17.1. The number of phenolic OH excluding ortho intramolecular Hbond substituents is 1. The van der Waals surface area contributed by atoms with Crippen LogP contribution in [-0.4, -0.2) is 69.7 Å². The van der Waals surface area contributed by atoms with Crippen molar-refractivity contribution in [3.63, 3.8) is 0 Å². The molecule has 0 unspecified atom stereocenters. The fourth-order valence-corrected chi connectivity index (χ4v) is 9.52. The summed E-state index contributed by atoms with van der Waals surface area (Å²) in [6, 6.07) is 8.16. The summed E-state index contributed by atoms with van der Waals surface area (Å²) in [5.41, 5.74) is 1.55. The molecule has 0 spiro atoms. The molecule has 2 aromatic heterocycles. The van der Waals surface area contributed by atoms with Crippen molar-refractivity contribution in [1.82, 2.24) is 14.9 Å². The highest BCUT2D eigenvalue weighted by Gasteiger charge is 2.48. The lowest BCUT2D eigenvalue weighted by atomic mass is 9.94. The standard InChI is InChI=1S/C35H37F3N4O2S/c1-2-24-26(37)9-8-20-13-23(43)14-25(29(20)24)32-31(38)33-30-27(42-12-5-3-4-7-22(42)18-44-34(30)40-32)15-28(39-33)45-19-35-10-6-11-41(35)17-21(36)16-35/h8-9,13-15,21-22,43H,2-7,10-12,16-19H2,1H3/t21-,22+,35+/m1/s1. The van der Waals surface area contributed by atoms with Crippen molar-refractivity contribution in [1.29, 1.82) is 0 Å². The number of hydrogen-bond donors (Lipinski definition) is 1. The van der Waals surface area contributed by atoms with Gasteiger partial charge in [0.2, 0.25) is 5.88 Å². The highest BCUT2D eigenvalue weighted by atomic mass is 32.2. The fraction of sp³-hybridized carbons (Fsp3) is 0.486. The van der Waals surface area contributed by atoms with Gasteiger partial charge in [-0.1, -0.05) is 25.8 Å². The van der Waals surface area contributed by atoms with E-state index in [9.17, 15) is 9.50 Å². The molecule has 10 heteroatoms. The Hall–Kier alpha value is -3.24. The molecule has 3 atom stereocenters. The molecular formula is C35H37F3N4O2S. The van der Waals surface area contributed by atoms with Crippen molar-refractivity contribution in [2.24, 2.45) is 0 Å². The molecular weight excluding hydrogens is 597 g/mol. The number of aromatic hydroxyl groups is 1. The van der Waals surface area contributed by atoms with Gasteiger partial charge < -0.3 is 14.7 Å². The zero-order valence-electron chi connectivity index (χ0n) is 25.4. The number of thioether (sulfide) groups is 1. The highest BCUT2D eigenvalue weighted by molar-refractivity contribution is 7.99. The predicted octanol–water partition coefficient (Wildman–Crippen LogP) is 7.81. The van der Waals surface area contributed by atoms with Crippen LogP contribution < -0.4 is 9.64 Å². The molecule has 0 aliphatic carbocycles. The third-order valence-electron chi connectivity index (χ3n) is 10.4. The molecule has 0 bridgehead atoms. The number of fused-ring (bicyclic) bond motifs is 4. The predicted molar refractivity (Wildman–Crippen MR) is 172 cm³/mol. The first-order chi connectivity index (χ1) is 21.8. The Morgan fingerprint density at radius 1 is 1.07 bits per heavy atom. The van der Waals surface area contributed by atoms with E-state index in [1.165, 1.54) is 12.1 Å². The summed E-state index contributed by atoms with van der Waals surface area (Å²) in [4.78, 5) is 14.3. The van der Waals surface area contributed by atoms with Gasteiger partial charge in [-0.25, -0.2) is 23.1 Å². The lowest BCUT2D eigenvalue weighted by molar-refractivity contribution is 0.222. The van der Waals surface area contributed by atoms with Gasteiger partial charge in [-0.05, 0) is 85.7 Å². The fourth-order valence-electron chi connectivity index (χ4n) is 8.31. The number of anilines is 1. The number of nitrogens with zero attached hydrogens (tertiary/aromatic N) is 4. The van der Waals surface area contributed by atoms with Gasteiger partial charge in [0.1, 0.15) is 35.6 Å². The number of benzene rings is 2. The largest absolute Gasteiger partial charge is 0.508 e. The van der Waals surface area contributed by atoms with Gasteiger partial charge in [0.25, 0.3) is 0 Å². The molecule has 3 saturated heterocycles. The minimum Gasteiger partial charge on any atom is -0.508 e. The van der Waals surface area contributed by atoms with Crippen molar-refractivity contribution in [2.45, 2.75) is 81.1 Å². The summed E-state index contributed by atoms with van der Waals surface area (Å²) in [5.74, 6) is -0.0846. The molecule has 3 fully saturated rings. The Morgan fingerprint density at radius 3 is 2.82 bits per heavy atom. The Balaban J connectivity index is 1.33. The number of ether oxygens (including phenoxy) is 1. The second kappa shape index (κ2) is 11.2. The summed E-state index contributed by atoms with van der Waals surface area (Å²) in [5, 5.41) is 13.0. The first kappa shape index (κ1) is 29.2. The smallest absolute Gasteiger partial charge is 0.225 e. The Bertz CT molecular complexity index is 1820. The van der Waals surface area contributed by atoms with Crippen molar-refractivity contribution >= 4 is 39.1 Å². The average molecular weight is 635 g/mol. The zero-order chi connectivity index (χ0) is 30.9. The van der Waals surface area contributed by atoms with E-state index < -0.39 is 12.0 Å². The van der Waals surface area contributed by atoms with Gasteiger partial charge in [0.15, 0.2) is 5.82 Å². The van der Waals surface area contributed by atoms with Crippen molar-refractivity contribution in [3.8, 4) is 22.9 Å². The number of rotatable bonds is 5. The van der Waals surface area contributed by atoms with Crippen molar-refractivity contribution in [3.05, 3.63) is 47.5 Å². The molecule has 2 aromatic carbocycles. The molecule has 4 aliphatic rings. The van der Waals surface area contributed by atoms with Gasteiger partial charge in [-0.15, -0.1) is 11.8 Å². The maximum atomic E-state index is 17.1. The second-order valence-corrected chi connectivity index (χ2v) is 14.1. The van der Waals surface area contributed by atoms with Gasteiger partial charge in [0.05, 0.1) is 22.1 Å². The number of halogens is 3. The molecule has 4 aliphatic heterocycles. The molecule has 0 saturated carbocycles. The van der Waals surface area contributed by atoms with E-state index in [-0.39, 0.29) is 34.4 Å². The van der Waals surface area contributed by atoms with Crippen LogP contribution in [0.5, 0.6) is 11.6 Å². The van der Waals surface area contributed by atoms with E-state index in [0.29, 0.717) is 69.9 Å². The lowest BCUT2D eigenvalue weighted by Crippen LogP contribution is -2.40. The van der Waals surface area contributed by atoms with E-state index in [0.717, 1.165) is 57.3 Å². The van der Waals surface area contributed by atoms with E-state index in [4.69, 9.17) is 14.7 Å². The Labute approximate surface area is 265 Å². The van der Waals surface area contributed by atoms with Crippen LogP contribution in [0.2, 0.25) is 0 Å². The zero-order valence-corrected chi connectivity index (χ0v) is 26.2. The van der Waals surface area contributed by atoms with Crippen LogP contribution in [0.25, 0.3) is 32.9 Å². The van der Waals surface area contributed by atoms with Crippen LogP contribution in [0.3, 0.4) is 0 Å². The minimum absolute atomic E-state index is 0.0204. The third kappa shape index (κ3) is 4.82. The monoisotopic (exact) mass is 634 g/mol. The lowest BCUT2D eigenvalue weighted by Gasteiger charge is -2.32. The van der Waals surface area contributed by atoms with Crippen LogP contribution in [0, 0.1) is 11.6 Å². The van der Waals surface area contributed by atoms with Gasteiger partial charge in [0, 0.05) is 29.9 Å². The number of pyridine rings is 2. The average Bonchev–Trinajstić information content (AvgIpc) is 3.38. The number of aromatic nitrogens is 2. The number of phenols is 1. The van der Waals surface area contributed by atoms with Gasteiger partial charge >= 0.3 is 0 Å². The molecule has 4 aromatic rings.